The molecular formula is C21H23NO6. The molecule has 1 atom stereocenters. The second kappa shape index (κ2) is 9.03. The summed E-state index contributed by atoms with van der Waals surface area (Å²) in [4.78, 5) is 36.2. The lowest BCUT2D eigenvalue weighted by molar-refractivity contribution is -0.123. The molecular weight excluding hydrogens is 362 g/mol. The molecule has 7 nitrogen and oxygen atoms in total. The summed E-state index contributed by atoms with van der Waals surface area (Å²) in [7, 11) is 2.98. The van der Waals surface area contributed by atoms with E-state index in [9.17, 15) is 14.4 Å². The zero-order chi connectivity index (χ0) is 20.8. The van der Waals surface area contributed by atoms with Crippen LogP contribution in [0.5, 0.6) is 11.5 Å². The van der Waals surface area contributed by atoms with Crippen LogP contribution >= 0.6 is 0 Å². The first-order valence-corrected chi connectivity index (χ1v) is 8.62. The predicted molar refractivity (Wildman–Crippen MR) is 104 cm³/mol. The minimum Gasteiger partial charge on any atom is -0.496 e. The quantitative estimate of drug-likeness (QED) is 0.580. The van der Waals surface area contributed by atoms with Crippen molar-refractivity contribution in [1.29, 1.82) is 0 Å². The van der Waals surface area contributed by atoms with Crippen molar-refractivity contribution >= 4 is 23.3 Å². The molecule has 0 aromatic heterocycles. The van der Waals surface area contributed by atoms with Crippen molar-refractivity contribution in [3.8, 4) is 11.5 Å². The Morgan fingerprint density at radius 3 is 2.11 bits per heavy atom. The Kier molecular flexibility index (Phi) is 6.76. The summed E-state index contributed by atoms with van der Waals surface area (Å²) >= 11 is 0. The van der Waals surface area contributed by atoms with Crippen molar-refractivity contribution in [1.82, 2.24) is 0 Å². The first-order chi connectivity index (χ1) is 13.3. The second-order valence-electron chi connectivity index (χ2n) is 6.18. The minimum atomic E-state index is -1.05. The summed E-state index contributed by atoms with van der Waals surface area (Å²) in [6.07, 6.45) is -1.05. The van der Waals surface area contributed by atoms with Crippen molar-refractivity contribution in [3.05, 3.63) is 53.1 Å². The summed E-state index contributed by atoms with van der Waals surface area (Å²) < 4.78 is 15.7. The maximum Gasteiger partial charge on any atom is 0.339 e. The van der Waals surface area contributed by atoms with Gasteiger partial charge in [0.15, 0.2) is 11.9 Å². The van der Waals surface area contributed by atoms with E-state index < -0.39 is 18.0 Å². The van der Waals surface area contributed by atoms with Crippen molar-refractivity contribution in [3.63, 3.8) is 0 Å². The highest BCUT2D eigenvalue weighted by Crippen LogP contribution is 2.29. The molecule has 0 heterocycles. The van der Waals surface area contributed by atoms with Crippen LogP contribution in [-0.2, 0) is 9.53 Å². The molecule has 0 aliphatic carbocycles. The zero-order valence-corrected chi connectivity index (χ0v) is 16.5. The number of Topliss-reactive ketones (excluding diaryl/α,β-unsaturated/α-hetero) is 1. The van der Waals surface area contributed by atoms with Gasteiger partial charge < -0.3 is 19.5 Å². The number of methoxy groups -OCH3 is 2. The summed E-state index contributed by atoms with van der Waals surface area (Å²) in [5.74, 6) is -0.358. The van der Waals surface area contributed by atoms with Crippen molar-refractivity contribution in [2.75, 3.05) is 19.5 Å². The fourth-order valence-electron chi connectivity index (χ4n) is 2.55. The topological polar surface area (TPSA) is 90.9 Å². The van der Waals surface area contributed by atoms with Crippen LogP contribution < -0.4 is 14.8 Å². The molecule has 0 bridgehead atoms. The molecule has 7 heteroatoms. The van der Waals surface area contributed by atoms with Crippen LogP contribution in [0.2, 0.25) is 0 Å². The molecule has 1 amide bonds. The molecule has 1 N–H and O–H groups in total. The van der Waals surface area contributed by atoms with E-state index in [1.54, 1.807) is 31.2 Å². The van der Waals surface area contributed by atoms with Gasteiger partial charge in [0, 0.05) is 16.8 Å². The highest BCUT2D eigenvalue weighted by atomic mass is 16.5. The van der Waals surface area contributed by atoms with Gasteiger partial charge in [-0.1, -0.05) is 12.1 Å². The number of esters is 1. The number of carbonyl (C=O) groups excluding carboxylic acids is 3. The summed E-state index contributed by atoms with van der Waals surface area (Å²) in [5.41, 5.74) is 1.87. The number of ketones is 1. The normalized spacial score (nSPS) is 11.3. The highest BCUT2D eigenvalue weighted by molar-refractivity contribution is 5.99. The van der Waals surface area contributed by atoms with E-state index in [0.29, 0.717) is 22.7 Å². The molecule has 0 aliphatic heterocycles. The number of anilines is 1. The zero-order valence-electron chi connectivity index (χ0n) is 16.5. The molecule has 28 heavy (non-hydrogen) atoms. The van der Waals surface area contributed by atoms with Crippen LogP contribution in [0, 0.1) is 6.92 Å². The molecule has 0 saturated heterocycles. The van der Waals surface area contributed by atoms with Gasteiger partial charge in [0.1, 0.15) is 11.5 Å². The third-order valence-electron chi connectivity index (χ3n) is 4.18. The Balaban J connectivity index is 2.10. The first kappa shape index (κ1) is 21.0. The Morgan fingerprint density at radius 2 is 1.57 bits per heavy atom. The lowest BCUT2D eigenvalue weighted by Gasteiger charge is -2.16. The number of rotatable bonds is 7. The molecule has 0 saturated carbocycles. The summed E-state index contributed by atoms with van der Waals surface area (Å²) in [6, 6.07) is 9.58. The molecule has 2 aromatic rings. The molecule has 0 aliphatic rings. The molecule has 2 rings (SSSR count). The fraction of sp³-hybridized carbons (Fsp3) is 0.286. The van der Waals surface area contributed by atoms with Gasteiger partial charge in [-0.25, -0.2) is 4.79 Å². The Labute approximate surface area is 163 Å². The SMILES string of the molecule is COc1cc(C(=O)O[C@@H](C)C(=O)Nc2cccc(C(C)=O)c2)cc(OC)c1C. The Hall–Kier alpha value is -3.35. The molecule has 0 unspecified atom stereocenters. The van der Waals surface area contributed by atoms with Gasteiger partial charge in [0.2, 0.25) is 0 Å². The third kappa shape index (κ3) is 4.88. The Bertz CT molecular complexity index is 881. The van der Waals surface area contributed by atoms with Crippen molar-refractivity contribution in [2.24, 2.45) is 0 Å². The van der Waals surface area contributed by atoms with Gasteiger partial charge in [-0.2, -0.15) is 0 Å². The number of ether oxygens (including phenoxy) is 3. The number of hydrogen-bond donors (Lipinski definition) is 1. The molecule has 148 valence electrons. The predicted octanol–water partition coefficient (Wildman–Crippen LogP) is 3.40. The van der Waals surface area contributed by atoms with E-state index in [1.807, 2.05) is 0 Å². The minimum absolute atomic E-state index is 0.113. The van der Waals surface area contributed by atoms with Gasteiger partial charge in [-0.15, -0.1) is 0 Å². The molecule has 2 aromatic carbocycles. The van der Waals surface area contributed by atoms with E-state index >= 15 is 0 Å². The van der Waals surface area contributed by atoms with Crippen LogP contribution in [0.1, 0.15) is 40.1 Å². The van der Waals surface area contributed by atoms with Crippen molar-refractivity contribution in [2.45, 2.75) is 26.9 Å². The van der Waals surface area contributed by atoms with Crippen LogP contribution in [0.3, 0.4) is 0 Å². The Morgan fingerprint density at radius 1 is 0.964 bits per heavy atom. The average Bonchev–Trinajstić information content (AvgIpc) is 2.68. The largest absolute Gasteiger partial charge is 0.496 e. The van der Waals surface area contributed by atoms with Crippen LogP contribution in [-0.4, -0.2) is 38.0 Å². The smallest absolute Gasteiger partial charge is 0.339 e. The van der Waals surface area contributed by atoms with Gasteiger partial charge in [-0.05, 0) is 45.0 Å². The lowest BCUT2D eigenvalue weighted by Crippen LogP contribution is -2.30. The van der Waals surface area contributed by atoms with E-state index in [2.05, 4.69) is 5.32 Å². The van der Waals surface area contributed by atoms with Crippen LogP contribution in [0.4, 0.5) is 5.69 Å². The van der Waals surface area contributed by atoms with Gasteiger partial charge >= 0.3 is 5.97 Å². The summed E-state index contributed by atoms with van der Waals surface area (Å²) in [6.45, 7) is 4.71. The average molecular weight is 385 g/mol. The second-order valence-corrected chi connectivity index (χ2v) is 6.18. The number of nitrogens with one attached hydrogen (secondary N) is 1. The van der Waals surface area contributed by atoms with Crippen LogP contribution in [0.15, 0.2) is 36.4 Å². The van der Waals surface area contributed by atoms with Crippen molar-refractivity contribution < 1.29 is 28.6 Å². The number of amides is 1. The van der Waals surface area contributed by atoms with E-state index in [0.717, 1.165) is 5.56 Å². The number of carbonyl (C=O) groups is 3. The van der Waals surface area contributed by atoms with Gasteiger partial charge in [0.25, 0.3) is 5.91 Å². The van der Waals surface area contributed by atoms with E-state index in [1.165, 1.54) is 40.2 Å². The molecule has 0 fully saturated rings. The number of benzene rings is 2. The first-order valence-electron chi connectivity index (χ1n) is 8.62. The van der Waals surface area contributed by atoms with E-state index in [-0.39, 0.29) is 11.3 Å². The maximum atomic E-state index is 12.4. The molecule has 0 radical (unpaired) electrons. The van der Waals surface area contributed by atoms with E-state index in [4.69, 9.17) is 14.2 Å². The van der Waals surface area contributed by atoms with Gasteiger partial charge in [0.05, 0.1) is 19.8 Å². The fourth-order valence-corrected chi connectivity index (χ4v) is 2.55. The number of hydrogen-bond acceptors (Lipinski definition) is 6. The highest BCUT2D eigenvalue weighted by Gasteiger charge is 2.21. The third-order valence-corrected chi connectivity index (χ3v) is 4.18. The maximum absolute atomic E-state index is 12.4. The van der Waals surface area contributed by atoms with Gasteiger partial charge in [-0.3, -0.25) is 9.59 Å². The lowest BCUT2D eigenvalue weighted by atomic mass is 10.1. The molecule has 0 spiro atoms. The standard InChI is InChI=1S/C21H23NO6/c1-12-18(26-4)10-16(11-19(12)27-5)21(25)28-14(3)20(24)22-17-8-6-7-15(9-17)13(2)23/h6-11,14H,1-5H3,(H,22,24)/t14-/m0/s1. The summed E-state index contributed by atoms with van der Waals surface area (Å²) in [5, 5.41) is 2.63. The van der Waals surface area contributed by atoms with Crippen LogP contribution in [0.25, 0.3) is 0 Å². The monoisotopic (exact) mass is 385 g/mol.